The van der Waals surface area contributed by atoms with Crippen LogP contribution in [0.3, 0.4) is 0 Å². The summed E-state index contributed by atoms with van der Waals surface area (Å²) in [7, 11) is 0. The number of carboxylic acids is 2. The molecule has 27 heavy (non-hydrogen) atoms. The fourth-order valence-corrected chi connectivity index (χ4v) is 5.08. The van der Waals surface area contributed by atoms with Gasteiger partial charge in [0.1, 0.15) is 0 Å². The number of hydrogen-bond acceptors (Lipinski definition) is 3. The van der Waals surface area contributed by atoms with Gasteiger partial charge in [-0.2, -0.15) is 0 Å². The first-order chi connectivity index (χ1) is 12.8. The van der Waals surface area contributed by atoms with E-state index in [1.54, 1.807) is 12.1 Å². The number of benzene rings is 1. The van der Waals surface area contributed by atoms with Gasteiger partial charge in [-0.3, -0.25) is 4.39 Å². The van der Waals surface area contributed by atoms with Crippen molar-refractivity contribution in [2.24, 2.45) is 11.8 Å². The van der Waals surface area contributed by atoms with Crippen molar-refractivity contribution in [2.45, 2.75) is 30.7 Å². The number of aliphatic carboxylic acids is 2. The number of carbonyl (C=O) groups is 2. The maximum atomic E-state index is 13.0. The van der Waals surface area contributed by atoms with E-state index in [9.17, 15) is 19.1 Å². The van der Waals surface area contributed by atoms with E-state index in [4.69, 9.17) is 28.3 Å². The van der Waals surface area contributed by atoms with Crippen molar-refractivity contribution in [3.63, 3.8) is 0 Å². The molecule has 2 fully saturated rings. The highest BCUT2D eigenvalue weighted by Crippen LogP contribution is 2.55. The van der Waals surface area contributed by atoms with E-state index in [-0.39, 0.29) is 17.4 Å². The Morgan fingerprint density at radius 2 is 2.04 bits per heavy atom. The van der Waals surface area contributed by atoms with Gasteiger partial charge in [0.2, 0.25) is 0 Å². The van der Waals surface area contributed by atoms with Crippen LogP contribution in [0.4, 0.5) is 4.39 Å². The topological polar surface area (TPSA) is 86.6 Å². The monoisotopic (exact) mass is 415 g/mol. The Kier molecular flexibility index (Phi) is 5.79. The molecule has 1 aliphatic heterocycles. The minimum atomic E-state index is -1.31. The van der Waals surface area contributed by atoms with Crippen LogP contribution in [-0.2, 0) is 15.0 Å². The van der Waals surface area contributed by atoms with Crippen LogP contribution in [0.5, 0.6) is 0 Å². The van der Waals surface area contributed by atoms with E-state index in [0.29, 0.717) is 35.9 Å². The highest BCUT2D eigenvalue weighted by Gasteiger charge is 2.56. The average Bonchev–Trinajstić information content (AvgIpc) is 3.11. The third-order valence-corrected chi connectivity index (χ3v) is 6.60. The molecule has 0 bridgehead atoms. The number of halogens is 3. The molecule has 146 valence electrons. The predicted octanol–water partition coefficient (Wildman–Crippen LogP) is 3.68. The molecule has 1 heterocycles. The Balaban J connectivity index is 2.04. The molecule has 1 aromatic rings. The van der Waals surface area contributed by atoms with Gasteiger partial charge in [-0.15, -0.1) is 0 Å². The number of hydrogen-bond donors (Lipinski definition) is 3. The van der Waals surface area contributed by atoms with Gasteiger partial charge in [0.15, 0.2) is 0 Å². The lowest BCUT2D eigenvalue weighted by molar-refractivity contribution is -0.135. The summed E-state index contributed by atoms with van der Waals surface area (Å²) in [5, 5.41) is 22.6. The van der Waals surface area contributed by atoms with Crippen LogP contribution >= 0.6 is 23.2 Å². The number of alkyl halides is 1. The summed E-state index contributed by atoms with van der Waals surface area (Å²) >= 11 is 12.2. The fourth-order valence-electron chi connectivity index (χ4n) is 4.79. The van der Waals surface area contributed by atoms with E-state index >= 15 is 0 Å². The molecule has 2 unspecified atom stereocenters. The average molecular weight is 416 g/mol. The number of carboxylic acid groups (broad SMARTS) is 2. The molecule has 1 saturated heterocycles. The molecule has 3 N–H and O–H groups in total. The molecule has 0 amide bonds. The molecule has 5 nitrogen and oxygen atoms in total. The lowest BCUT2D eigenvalue weighted by Gasteiger charge is -2.31. The summed E-state index contributed by atoms with van der Waals surface area (Å²) < 4.78 is 13.0. The first-order valence-electron chi connectivity index (χ1n) is 8.71. The van der Waals surface area contributed by atoms with Crippen molar-refractivity contribution in [1.29, 1.82) is 0 Å². The van der Waals surface area contributed by atoms with Crippen LogP contribution in [0.15, 0.2) is 29.8 Å². The molecule has 0 aromatic heterocycles. The minimum absolute atomic E-state index is 0.0962. The maximum absolute atomic E-state index is 13.0. The molecule has 2 aliphatic rings. The van der Waals surface area contributed by atoms with Gasteiger partial charge >= 0.3 is 11.9 Å². The van der Waals surface area contributed by atoms with Crippen LogP contribution in [0, 0.1) is 11.8 Å². The third-order valence-electron chi connectivity index (χ3n) is 5.86. The smallest absolute Gasteiger partial charge is 0.333 e. The summed E-state index contributed by atoms with van der Waals surface area (Å²) in [5.74, 6) is -2.65. The number of rotatable bonds is 6. The number of fused-ring (bicyclic) bond motifs is 1. The van der Waals surface area contributed by atoms with Crippen molar-refractivity contribution in [2.75, 3.05) is 13.2 Å². The minimum Gasteiger partial charge on any atom is -0.478 e. The van der Waals surface area contributed by atoms with Crippen molar-refractivity contribution >= 4 is 35.1 Å². The van der Waals surface area contributed by atoms with Gasteiger partial charge in [0.25, 0.3) is 0 Å². The molecule has 4 atom stereocenters. The zero-order valence-electron chi connectivity index (χ0n) is 14.4. The third kappa shape index (κ3) is 3.71. The van der Waals surface area contributed by atoms with E-state index in [1.807, 2.05) is 6.07 Å². The molecular formula is C19H20Cl2FNO4. The first-order valence-corrected chi connectivity index (χ1v) is 9.47. The van der Waals surface area contributed by atoms with Gasteiger partial charge in [0, 0.05) is 24.1 Å². The van der Waals surface area contributed by atoms with Gasteiger partial charge < -0.3 is 15.5 Å². The lowest BCUT2D eigenvalue weighted by atomic mass is 9.71. The van der Waals surface area contributed by atoms with Crippen LogP contribution in [0.25, 0.3) is 0 Å². The summed E-state index contributed by atoms with van der Waals surface area (Å²) in [5.41, 5.74) is 0.292. The molecule has 3 rings (SSSR count). The molecule has 8 heteroatoms. The van der Waals surface area contributed by atoms with Gasteiger partial charge in [-0.25, -0.2) is 9.59 Å². The molecule has 0 radical (unpaired) electrons. The van der Waals surface area contributed by atoms with E-state index in [0.717, 1.165) is 11.6 Å². The Labute approximate surface area is 166 Å². The number of nitrogens with one attached hydrogen (secondary N) is 1. The summed E-state index contributed by atoms with van der Waals surface area (Å²) in [6.45, 7) is 0.0248. The highest BCUT2D eigenvalue weighted by molar-refractivity contribution is 6.42. The van der Waals surface area contributed by atoms with E-state index in [1.165, 1.54) is 0 Å². The van der Waals surface area contributed by atoms with Gasteiger partial charge in [-0.1, -0.05) is 29.3 Å². The van der Waals surface area contributed by atoms with Gasteiger partial charge in [0.05, 0.1) is 22.3 Å². The van der Waals surface area contributed by atoms with Crippen molar-refractivity contribution in [3.05, 3.63) is 45.5 Å². The summed E-state index contributed by atoms with van der Waals surface area (Å²) in [6.07, 6.45) is 2.44. The van der Waals surface area contributed by atoms with Crippen LogP contribution < -0.4 is 5.32 Å². The maximum Gasteiger partial charge on any atom is 0.333 e. The Bertz CT molecular complexity index is 800. The highest BCUT2D eigenvalue weighted by atomic mass is 35.5. The quantitative estimate of drug-likeness (QED) is 0.616. The second-order valence-electron chi connectivity index (χ2n) is 7.28. The van der Waals surface area contributed by atoms with Crippen molar-refractivity contribution in [3.8, 4) is 0 Å². The molecule has 0 spiro atoms. The first kappa shape index (κ1) is 20.1. The Morgan fingerprint density at radius 3 is 2.63 bits per heavy atom. The summed E-state index contributed by atoms with van der Waals surface area (Å²) in [4.78, 5) is 22.8. The zero-order valence-corrected chi connectivity index (χ0v) is 15.9. The van der Waals surface area contributed by atoms with Crippen molar-refractivity contribution in [1.82, 2.24) is 5.32 Å². The standard InChI is InChI=1S/C19H20Cl2FNO4/c20-14-2-1-11(6-15(14)21)19-8-10(3-4-22)5-13(19)17(23-9-19)12(18(26)27)7-16(24)25/h1-2,6-7,10,13,17,23H,3-5,8-9H2,(H,24,25)(H,26,27)/b12-7+/t10?,13-,17?,19+/m1/s1. The molecule has 1 saturated carbocycles. The normalized spacial score (nSPS) is 30.3. The largest absolute Gasteiger partial charge is 0.478 e. The van der Waals surface area contributed by atoms with E-state index < -0.39 is 30.1 Å². The second kappa shape index (κ2) is 7.78. The zero-order chi connectivity index (χ0) is 19.8. The van der Waals surface area contributed by atoms with Crippen molar-refractivity contribution < 1.29 is 24.2 Å². The fraction of sp³-hybridized carbons (Fsp3) is 0.474. The molecule has 1 aliphatic carbocycles. The Hall–Kier alpha value is -1.63. The second-order valence-corrected chi connectivity index (χ2v) is 8.09. The molecule has 1 aromatic carbocycles. The summed E-state index contributed by atoms with van der Waals surface area (Å²) in [6, 6.07) is 4.72. The Morgan fingerprint density at radius 1 is 1.30 bits per heavy atom. The van der Waals surface area contributed by atoms with Gasteiger partial charge in [-0.05, 0) is 48.8 Å². The van der Waals surface area contributed by atoms with E-state index in [2.05, 4.69) is 5.32 Å². The van der Waals surface area contributed by atoms with Crippen LogP contribution in [0.1, 0.15) is 24.8 Å². The van der Waals surface area contributed by atoms with Crippen LogP contribution in [-0.4, -0.2) is 41.4 Å². The lowest BCUT2D eigenvalue weighted by Crippen LogP contribution is -2.35. The molecular weight excluding hydrogens is 396 g/mol. The predicted molar refractivity (Wildman–Crippen MR) is 100 cm³/mol. The SMILES string of the molecule is O=C(O)/C=C(/C(=O)O)C1NC[C@]2(c3ccc(Cl)c(Cl)c3)CC(CCF)C[C@H]12. The van der Waals surface area contributed by atoms with Crippen LogP contribution in [0.2, 0.25) is 10.0 Å².